The fraction of sp³-hybridized carbons (Fsp3) is 0.556. The number of rotatable bonds is 1. The van der Waals surface area contributed by atoms with Gasteiger partial charge in [-0.05, 0) is 36.6 Å². The minimum Gasteiger partial charge on any atom is -0.147 e. The molecule has 0 aromatic carbocycles. The van der Waals surface area contributed by atoms with E-state index in [1.165, 1.54) is 11.3 Å². The van der Waals surface area contributed by atoms with Gasteiger partial charge >= 0.3 is 0 Å². The van der Waals surface area contributed by atoms with Crippen molar-refractivity contribution >= 4 is 34.5 Å². The van der Waals surface area contributed by atoms with Crippen LogP contribution in [0.1, 0.15) is 30.1 Å². The van der Waals surface area contributed by atoms with E-state index in [0.717, 1.165) is 17.9 Å². The molecule has 2 rings (SSSR count). The van der Waals surface area contributed by atoms with E-state index >= 15 is 0 Å². The summed E-state index contributed by atoms with van der Waals surface area (Å²) in [5.74, 6) is 0.625. The van der Waals surface area contributed by atoms with Crippen LogP contribution in [-0.4, -0.2) is 5.38 Å². The molecule has 1 aromatic heterocycles. The van der Waals surface area contributed by atoms with Crippen LogP contribution < -0.4 is 0 Å². The highest BCUT2D eigenvalue weighted by Gasteiger charge is 2.26. The Labute approximate surface area is 86.5 Å². The quantitative estimate of drug-likeness (QED) is 0.621. The molecule has 0 nitrogen and oxygen atoms in total. The molecule has 0 bridgehead atoms. The van der Waals surface area contributed by atoms with E-state index < -0.39 is 0 Å². The molecule has 1 heterocycles. The van der Waals surface area contributed by atoms with Crippen LogP contribution in [0.4, 0.5) is 0 Å². The molecule has 1 aromatic rings. The summed E-state index contributed by atoms with van der Waals surface area (Å²) in [7, 11) is 0. The zero-order valence-electron chi connectivity index (χ0n) is 6.59. The van der Waals surface area contributed by atoms with Crippen molar-refractivity contribution in [2.24, 2.45) is 0 Å². The van der Waals surface area contributed by atoms with Crippen molar-refractivity contribution in [2.45, 2.75) is 30.6 Å². The van der Waals surface area contributed by atoms with Crippen LogP contribution in [0, 0.1) is 0 Å². The first-order valence-corrected chi connectivity index (χ1v) is 5.83. The first kappa shape index (κ1) is 8.86. The van der Waals surface area contributed by atoms with Crippen molar-refractivity contribution in [3.63, 3.8) is 0 Å². The van der Waals surface area contributed by atoms with Crippen LogP contribution in [0.25, 0.3) is 0 Å². The molecular formula is C9H10Cl2S. The lowest BCUT2D eigenvalue weighted by molar-refractivity contribution is 0.739. The average molecular weight is 221 g/mol. The molecule has 0 radical (unpaired) electrons. The molecule has 0 amide bonds. The van der Waals surface area contributed by atoms with Gasteiger partial charge in [-0.2, -0.15) is 0 Å². The molecule has 12 heavy (non-hydrogen) atoms. The molecule has 1 aliphatic rings. The van der Waals surface area contributed by atoms with Crippen LogP contribution in [0.2, 0.25) is 5.02 Å². The van der Waals surface area contributed by atoms with Crippen molar-refractivity contribution in [1.82, 2.24) is 0 Å². The van der Waals surface area contributed by atoms with Crippen molar-refractivity contribution in [1.29, 1.82) is 0 Å². The molecule has 0 spiro atoms. The van der Waals surface area contributed by atoms with E-state index in [-0.39, 0.29) is 0 Å². The molecule has 3 heteroatoms. The third kappa shape index (κ3) is 1.63. The molecule has 66 valence electrons. The van der Waals surface area contributed by atoms with Gasteiger partial charge in [0.15, 0.2) is 0 Å². The van der Waals surface area contributed by atoms with Gasteiger partial charge in [-0.1, -0.05) is 11.6 Å². The van der Waals surface area contributed by atoms with Gasteiger partial charge in [0.2, 0.25) is 0 Å². The van der Waals surface area contributed by atoms with E-state index in [2.05, 4.69) is 5.38 Å². The van der Waals surface area contributed by atoms with Gasteiger partial charge in [0.25, 0.3) is 0 Å². The zero-order valence-corrected chi connectivity index (χ0v) is 8.92. The molecule has 2 atom stereocenters. The van der Waals surface area contributed by atoms with Gasteiger partial charge in [0, 0.05) is 10.3 Å². The van der Waals surface area contributed by atoms with Gasteiger partial charge in [-0.25, -0.2) is 0 Å². The summed E-state index contributed by atoms with van der Waals surface area (Å²) in [4.78, 5) is 1.33. The number of halogens is 2. The molecule has 0 aliphatic heterocycles. The van der Waals surface area contributed by atoms with Crippen LogP contribution in [0.15, 0.2) is 11.4 Å². The SMILES string of the molecule is Clc1ccsc1C1CCC(Cl)C1. The highest BCUT2D eigenvalue weighted by Crippen LogP contribution is 2.42. The lowest BCUT2D eigenvalue weighted by atomic mass is 10.1. The summed E-state index contributed by atoms with van der Waals surface area (Å²) in [5.41, 5.74) is 0. The van der Waals surface area contributed by atoms with Gasteiger partial charge in [-0.3, -0.25) is 0 Å². The Morgan fingerprint density at radius 2 is 2.25 bits per heavy atom. The predicted octanol–water partition coefficient (Wildman–Crippen LogP) is 4.28. The number of thiophene rings is 1. The van der Waals surface area contributed by atoms with E-state index in [9.17, 15) is 0 Å². The number of alkyl halides is 1. The zero-order chi connectivity index (χ0) is 8.55. The molecule has 1 aliphatic carbocycles. The Kier molecular flexibility index (Phi) is 2.63. The monoisotopic (exact) mass is 220 g/mol. The van der Waals surface area contributed by atoms with Crippen molar-refractivity contribution < 1.29 is 0 Å². The molecule has 1 fully saturated rings. The lowest BCUT2D eigenvalue weighted by Crippen LogP contribution is -1.91. The van der Waals surface area contributed by atoms with Crippen LogP contribution in [-0.2, 0) is 0 Å². The lowest BCUT2D eigenvalue weighted by Gasteiger charge is -2.06. The molecule has 0 N–H and O–H groups in total. The average Bonchev–Trinajstić information content (AvgIpc) is 2.58. The summed E-state index contributed by atoms with van der Waals surface area (Å²) in [5, 5.41) is 3.35. The predicted molar refractivity (Wildman–Crippen MR) is 55.6 cm³/mol. The highest BCUT2D eigenvalue weighted by atomic mass is 35.5. The third-order valence-corrected chi connectivity index (χ3v) is 4.30. The second-order valence-corrected chi connectivity index (χ2v) is 5.21. The first-order chi connectivity index (χ1) is 5.77. The van der Waals surface area contributed by atoms with E-state index in [1.807, 2.05) is 6.07 Å². The third-order valence-electron chi connectivity index (χ3n) is 2.38. The summed E-state index contributed by atoms with van der Waals surface area (Å²) in [6.07, 6.45) is 3.44. The van der Waals surface area contributed by atoms with E-state index in [4.69, 9.17) is 23.2 Å². The Bertz CT molecular complexity index is 269. The van der Waals surface area contributed by atoms with Crippen molar-refractivity contribution in [3.8, 4) is 0 Å². The topological polar surface area (TPSA) is 0 Å². The normalized spacial score (nSPS) is 29.5. The van der Waals surface area contributed by atoms with Crippen LogP contribution in [0.5, 0.6) is 0 Å². The fourth-order valence-electron chi connectivity index (χ4n) is 1.76. The van der Waals surface area contributed by atoms with Gasteiger partial charge in [-0.15, -0.1) is 22.9 Å². The molecular weight excluding hydrogens is 211 g/mol. The maximum atomic E-state index is 6.04. The van der Waals surface area contributed by atoms with Gasteiger partial charge in [0.1, 0.15) is 0 Å². The second-order valence-electron chi connectivity index (χ2n) is 3.24. The standard InChI is InChI=1S/C9H10Cl2S/c10-7-2-1-6(5-7)9-8(11)3-4-12-9/h3-4,6-7H,1-2,5H2. The Morgan fingerprint density at radius 1 is 1.42 bits per heavy atom. The van der Waals surface area contributed by atoms with E-state index in [0.29, 0.717) is 11.3 Å². The highest BCUT2D eigenvalue weighted by molar-refractivity contribution is 7.10. The minimum atomic E-state index is 0.369. The summed E-state index contributed by atoms with van der Waals surface area (Å²) in [6, 6.07) is 1.98. The van der Waals surface area contributed by atoms with Gasteiger partial charge < -0.3 is 0 Å². The maximum absolute atomic E-state index is 6.04. The van der Waals surface area contributed by atoms with Gasteiger partial charge in [0.05, 0.1) is 5.02 Å². The second kappa shape index (κ2) is 3.57. The number of hydrogen-bond donors (Lipinski definition) is 0. The summed E-state index contributed by atoms with van der Waals surface area (Å²) < 4.78 is 0. The Hall–Kier alpha value is 0.280. The maximum Gasteiger partial charge on any atom is 0.0547 e. The molecule has 2 unspecified atom stereocenters. The largest absolute Gasteiger partial charge is 0.147 e. The minimum absolute atomic E-state index is 0.369. The number of hydrogen-bond acceptors (Lipinski definition) is 1. The van der Waals surface area contributed by atoms with Crippen LogP contribution >= 0.6 is 34.5 Å². The van der Waals surface area contributed by atoms with Crippen LogP contribution in [0.3, 0.4) is 0 Å². The van der Waals surface area contributed by atoms with Crippen molar-refractivity contribution in [2.75, 3.05) is 0 Å². The van der Waals surface area contributed by atoms with Crippen molar-refractivity contribution in [3.05, 3.63) is 21.3 Å². The molecule has 0 saturated heterocycles. The van der Waals surface area contributed by atoms with E-state index in [1.54, 1.807) is 11.3 Å². The Balaban J connectivity index is 2.16. The molecule has 1 saturated carbocycles. The summed E-state index contributed by atoms with van der Waals surface area (Å²) >= 11 is 13.8. The smallest absolute Gasteiger partial charge is 0.0547 e. The fourth-order valence-corrected chi connectivity index (χ4v) is 3.47. The summed E-state index contributed by atoms with van der Waals surface area (Å²) in [6.45, 7) is 0. The Morgan fingerprint density at radius 3 is 2.75 bits per heavy atom. The first-order valence-electron chi connectivity index (χ1n) is 4.14.